The summed E-state index contributed by atoms with van der Waals surface area (Å²) in [7, 11) is 0. The van der Waals surface area contributed by atoms with E-state index in [0.717, 1.165) is 58.4 Å². The molecule has 142 valence electrons. The van der Waals surface area contributed by atoms with Crippen molar-refractivity contribution >= 4 is 11.8 Å². The van der Waals surface area contributed by atoms with Crippen molar-refractivity contribution in [3.8, 4) is 0 Å². The first kappa shape index (κ1) is 18.6. The molecule has 25 heavy (non-hydrogen) atoms. The van der Waals surface area contributed by atoms with Crippen molar-refractivity contribution in [1.82, 2.24) is 20.4 Å². The number of likely N-dealkylation sites (tertiary alicyclic amines) is 1. The molecule has 0 aliphatic carbocycles. The minimum Gasteiger partial charge on any atom is -0.379 e. The SMILES string of the molecule is CC(C(=O)N1CCCC(CNC(=O)C2CCCN2)C1)N1CCOCC1. The molecule has 3 unspecified atom stereocenters. The van der Waals surface area contributed by atoms with Crippen LogP contribution in [0.3, 0.4) is 0 Å². The molecule has 0 saturated carbocycles. The highest BCUT2D eigenvalue weighted by Gasteiger charge is 2.31. The number of ether oxygens (including phenoxy) is 1. The smallest absolute Gasteiger partial charge is 0.239 e. The summed E-state index contributed by atoms with van der Waals surface area (Å²) in [5.74, 6) is 0.693. The highest BCUT2D eigenvalue weighted by molar-refractivity contribution is 5.82. The van der Waals surface area contributed by atoms with Gasteiger partial charge in [0.25, 0.3) is 0 Å². The van der Waals surface area contributed by atoms with Crippen LogP contribution in [0.15, 0.2) is 0 Å². The topological polar surface area (TPSA) is 73.9 Å². The number of carbonyl (C=O) groups is 2. The first-order valence-electron chi connectivity index (χ1n) is 9.77. The lowest BCUT2D eigenvalue weighted by Gasteiger charge is -2.38. The van der Waals surface area contributed by atoms with Crippen molar-refractivity contribution in [2.45, 2.75) is 44.7 Å². The fourth-order valence-electron chi connectivity index (χ4n) is 4.09. The van der Waals surface area contributed by atoms with Gasteiger partial charge in [0.15, 0.2) is 0 Å². The maximum Gasteiger partial charge on any atom is 0.239 e. The van der Waals surface area contributed by atoms with Gasteiger partial charge in [0.05, 0.1) is 25.3 Å². The second kappa shape index (κ2) is 8.96. The zero-order valence-electron chi connectivity index (χ0n) is 15.3. The first-order chi connectivity index (χ1) is 12.1. The van der Waals surface area contributed by atoms with Gasteiger partial charge in [0, 0.05) is 32.7 Å². The zero-order chi connectivity index (χ0) is 17.6. The Morgan fingerprint density at radius 3 is 2.72 bits per heavy atom. The third-order valence-electron chi connectivity index (χ3n) is 5.72. The maximum absolute atomic E-state index is 12.8. The van der Waals surface area contributed by atoms with E-state index in [9.17, 15) is 9.59 Å². The third kappa shape index (κ3) is 4.92. The fourth-order valence-corrected chi connectivity index (χ4v) is 4.09. The number of nitrogens with one attached hydrogen (secondary N) is 2. The van der Waals surface area contributed by atoms with Crippen LogP contribution in [0, 0.1) is 5.92 Å². The van der Waals surface area contributed by atoms with Gasteiger partial charge in [0.2, 0.25) is 11.8 Å². The zero-order valence-corrected chi connectivity index (χ0v) is 15.3. The number of piperidine rings is 1. The average Bonchev–Trinajstić information content (AvgIpc) is 3.21. The van der Waals surface area contributed by atoms with Gasteiger partial charge >= 0.3 is 0 Å². The number of morpholine rings is 1. The standard InChI is InChI=1S/C18H32N4O3/c1-14(21-8-10-25-11-9-21)18(24)22-7-3-4-15(13-22)12-20-17(23)16-5-2-6-19-16/h14-16,19H,2-13H2,1H3,(H,20,23). The summed E-state index contributed by atoms with van der Waals surface area (Å²) in [6, 6.07) is -0.109. The van der Waals surface area contributed by atoms with Crippen molar-refractivity contribution in [2.75, 3.05) is 52.5 Å². The second-order valence-electron chi connectivity index (χ2n) is 7.51. The number of carbonyl (C=O) groups excluding carboxylic acids is 2. The molecule has 0 spiro atoms. The van der Waals surface area contributed by atoms with Gasteiger partial charge in [-0.2, -0.15) is 0 Å². The van der Waals surface area contributed by atoms with Gasteiger partial charge in [-0.15, -0.1) is 0 Å². The normalized spacial score (nSPS) is 29.4. The molecule has 7 heteroatoms. The summed E-state index contributed by atoms with van der Waals surface area (Å²) in [5, 5.41) is 6.31. The van der Waals surface area contributed by atoms with Crippen LogP contribution in [0.4, 0.5) is 0 Å². The van der Waals surface area contributed by atoms with Gasteiger partial charge in [-0.25, -0.2) is 0 Å². The molecule has 2 amide bonds. The Bertz CT molecular complexity index is 461. The van der Waals surface area contributed by atoms with Crippen LogP contribution in [0.5, 0.6) is 0 Å². The summed E-state index contributed by atoms with van der Waals surface area (Å²) in [4.78, 5) is 29.2. The Labute approximate surface area is 150 Å². The summed E-state index contributed by atoms with van der Waals surface area (Å²) in [5.41, 5.74) is 0. The molecule has 3 fully saturated rings. The van der Waals surface area contributed by atoms with E-state index < -0.39 is 0 Å². The van der Waals surface area contributed by atoms with E-state index in [4.69, 9.17) is 4.74 Å². The average molecular weight is 352 g/mol. The molecule has 3 aliphatic rings. The van der Waals surface area contributed by atoms with Gasteiger partial charge in [-0.1, -0.05) is 0 Å². The molecule has 0 aromatic heterocycles. The molecule has 3 aliphatic heterocycles. The first-order valence-corrected chi connectivity index (χ1v) is 9.77. The molecule has 3 heterocycles. The lowest BCUT2D eigenvalue weighted by atomic mass is 9.97. The lowest BCUT2D eigenvalue weighted by Crippen LogP contribution is -2.53. The highest BCUT2D eigenvalue weighted by Crippen LogP contribution is 2.18. The van der Waals surface area contributed by atoms with E-state index in [1.807, 2.05) is 11.8 Å². The number of hydrogen-bond donors (Lipinski definition) is 2. The van der Waals surface area contributed by atoms with Crippen molar-refractivity contribution in [1.29, 1.82) is 0 Å². The summed E-state index contributed by atoms with van der Waals surface area (Å²) in [6.45, 7) is 8.28. The predicted octanol–water partition coefficient (Wildman–Crippen LogP) is -0.186. The van der Waals surface area contributed by atoms with E-state index in [1.54, 1.807) is 0 Å². The van der Waals surface area contributed by atoms with E-state index in [-0.39, 0.29) is 23.9 Å². The summed E-state index contributed by atoms with van der Waals surface area (Å²) >= 11 is 0. The molecule has 3 atom stereocenters. The molecule has 0 bridgehead atoms. The Balaban J connectivity index is 1.45. The molecule has 3 saturated heterocycles. The maximum atomic E-state index is 12.8. The lowest BCUT2D eigenvalue weighted by molar-refractivity contribution is -0.139. The van der Waals surface area contributed by atoms with Crippen LogP contribution < -0.4 is 10.6 Å². The van der Waals surface area contributed by atoms with Gasteiger partial charge in [-0.05, 0) is 45.1 Å². The Morgan fingerprint density at radius 1 is 1.20 bits per heavy atom. The molecule has 0 radical (unpaired) electrons. The molecule has 0 aromatic rings. The number of rotatable bonds is 5. The van der Waals surface area contributed by atoms with E-state index >= 15 is 0 Å². The Hall–Kier alpha value is -1.18. The molecular weight excluding hydrogens is 320 g/mol. The van der Waals surface area contributed by atoms with Crippen LogP contribution >= 0.6 is 0 Å². The third-order valence-corrected chi connectivity index (χ3v) is 5.72. The van der Waals surface area contributed by atoms with Crippen molar-refractivity contribution in [2.24, 2.45) is 5.92 Å². The Morgan fingerprint density at radius 2 is 2.00 bits per heavy atom. The minimum absolute atomic E-state index is 0.0253. The van der Waals surface area contributed by atoms with Gasteiger partial charge < -0.3 is 20.3 Å². The molecule has 0 aromatic carbocycles. The fraction of sp³-hybridized carbons (Fsp3) is 0.889. The van der Waals surface area contributed by atoms with Crippen molar-refractivity contribution in [3.63, 3.8) is 0 Å². The van der Waals surface area contributed by atoms with E-state index in [1.165, 1.54) is 0 Å². The van der Waals surface area contributed by atoms with Crippen LogP contribution in [0.1, 0.15) is 32.6 Å². The molecule has 7 nitrogen and oxygen atoms in total. The largest absolute Gasteiger partial charge is 0.379 e. The summed E-state index contributed by atoms with van der Waals surface area (Å²) < 4.78 is 5.38. The number of hydrogen-bond acceptors (Lipinski definition) is 5. The van der Waals surface area contributed by atoms with Gasteiger partial charge in [-0.3, -0.25) is 14.5 Å². The van der Waals surface area contributed by atoms with Crippen LogP contribution in [0.25, 0.3) is 0 Å². The molecule has 2 N–H and O–H groups in total. The van der Waals surface area contributed by atoms with Crippen LogP contribution in [0.2, 0.25) is 0 Å². The van der Waals surface area contributed by atoms with Crippen LogP contribution in [-0.4, -0.2) is 86.2 Å². The predicted molar refractivity (Wildman–Crippen MR) is 95.2 cm³/mol. The number of nitrogens with zero attached hydrogens (tertiary/aromatic N) is 2. The quantitative estimate of drug-likeness (QED) is 0.718. The summed E-state index contributed by atoms with van der Waals surface area (Å²) in [6.07, 6.45) is 4.10. The van der Waals surface area contributed by atoms with Crippen LogP contribution in [-0.2, 0) is 14.3 Å². The number of amides is 2. The van der Waals surface area contributed by atoms with E-state index in [2.05, 4.69) is 15.5 Å². The minimum atomic E-state index is -0.0834. The van der Waals surface area contributed by atoms with Gasteiger partial charge in [0.1, 0.15) is 0 Å². The molecular formula is C18H32N4O3. The van der Waals surface area contributed by atoms with Crippen molar-refractivity contribution < 1.29 is 14.3 Å². The second-order valence-corrected chi connectivity index (χ2v) is 7.51. The highest BCUT2D eigenvalue weighted by atomic mass is 16.5. The van der Waals surface area contributed by atoms with Crippen molar-refractivity contribution in [3.05, 3.63) is 0 Å². The van der Waals surface area contributed by atoms with E-state index in [0.29, 0.717) is 25.7 Å². The Kier molecular flexibility index (Phi) is 6.67. The monoisotopic (exact) mass is 352 g/mol. The molecule has 3 rings (SSSR count).